The molecule has 94 valence electrons. The number of hydrogen-bond acceptors (Lipinski definition) is 3. The van der Waals surface area contributed by atoms with Crippen molar-refractivity contribution in [2.75, 3.05) is 0 Å². The van der Waals surface area contributed by atoms with Gasteiger partial charge in [-0.2, -0.15) is 0 Å². The van der Waals surface area contributed by atoms with Crippen molar-refractivity contribution < 1.29 is 0 Å². The Balaban J connectivity index is 2.24. The largest absolute Gasteiger partial charge is 0.256 e. The highest BCUT2D eigenvalue weighted by molar-refractivity contribution is 6.30. The Bertz CT molecular complexity index is 768. The van der Waals surface area contributed by atoms with Gasteiger partial charge in [0.1, 0.15) is 11.0 Å². The first-order valence-corrected chi connectivity index (χ1v) is 6.39. The monoisotopic (exact) mass is 269 g/mol. The topological polar surface area (TPSA) is 38.7 Å². The Kier molecular flexibility index (Phi) is 2.91. The van der Waals surface area contributed by atoms with Crippen LogP contribution in [0.2, 0.25) is 5.15 Å². The van der Waals surface area contributed by atoms with E-state index in [2.05, 4.69) is 21.0 Å². The molecule has 0 atom stereocenters. The van der Waals surface area contributed by atoms with Crippen molar-refractivity contribution in [2.45, 2.75) is 13.8 Å². The smallest absolute Gasteiger partial charge is 0.136 e. The summed E-state index contributed by atoms with van der Waals surface area (Å²) >= 11 is 6.12. The van der Waals surface area contributed by atoms with E-state index >= 15 is 0 Å². The zero-order valence-electron chi connectivity index (χ0n) is 10.7. The molecule has 0 N–H and O–H groups in total. The van der Waals surface area contributed by atoms with Gasteiger partial charge in [-0.15, -0.1) is 0 Å². The van der Waals surface area contributed by atoms with Crippen molar-refractivity contribution >= 4 is 22.5 Å². The molecule has 0 aliphatic heterocycles. The van der Waals surface area contributed by atoms with Gasteiger partial charge in [-0.3, -0.25) is 4.98 Å². The van der Waals surface area contributed by atoms with Crippen molar-refractivity contribution in [3.63, 3.8) is 0 Å². The van der Waals surface area contributed by atoms with Gasteiger partial charge in [-0.05, 0) is 32.0 Å². The summed E-state index contributed by atoms with van der Waals surface area (Å²) < 4.78 is 0. The van der Waals surface area contributed by atoms with E-state index in [0.717, 1.165) is 27.7 Å². The molecule has 0 aliphatic carbocycles. The van der Waals surface area contributed by atoms with E-state index < -0.39 is 0 Å². The van der Waals surface area contributed by atoms with E-state index in [0.29, 0.717) is 11.0 Å². The quantitative estimate of drug-likeness (QED) is 0.628. The van der Waals surface area contributed by atoms with Crippen LogP contribution in [0, 0.1) is 13.8 Å². The van der Waals surface area contributed by atoms with E-state index in [9.17, 15) is 0 Å². The van der Waals surface area contributed by atoms with Crippen LogP contribution in [0.3, 0.4) is 0 Å². The Morgan fingerprint density at radius 3 is 2.74 bits per heavy atom. The van der Waals surface area contributed by atoms with Crippen molar-refractivity contribution in [1.82, 2.24) is 15.0 Å². The highest BCUT2D eigenvalue weighted by atomic mass is 35.5. The summed E-state index contributed by atoms with van der Waals surface area (Å²) in [5, 5.41) is 1.60. The van der Waals surface area contributed by atoms with Crippen LogP contribution in [0.1, 0.15) is 11.4 Å². The number of fused-ring (bicyclic) bond motifs is 1. The fourth-order valence-corrected chi connectivity index (χ4v) is 2.31. The minimum atomic E-state index is 0.508. The van der Waals surface area contributed by atoms with Gasteiger partial charge in [-0.1, -0.05) is 23.7 Å². The molecule has 0 saturated heterocycles. The maximum atomic E-state index is 6.12. The van der Waals surface area contributed by atoms with E-state index in [-0.39, 0.29) is 0 Å². The fraction of sp³-hybridized carbons (Fsp3) is 0.133. The zero-order chi connectivity index (χ0) is 13.4. The van der Waals surface area contributed by atoms with Gasteiger partial charge in [0.05, 0.1) is 11.2 Å². The van der Waals surface area contributed by atoms with Gasteiger partial charge in [0, 0.05) is 22.7 Å². The molecule has 1 aromatic carbocycles. The van der Waals surface area contributed by atoms with Crippen LogP contribution in [-0.2, 0) is 0 Å². The first kappa shape index (κ1) is 12.1. The molecule has 19 heavy (non-hydrogen) atoms. The molecule has 2 heterocycles. The van der Waals surface area contributed by atoms with Gasteiger partial charge in [-0.25, -0.2) is 9.97 Å². The number of aryl methyl sites for hydroxylation is 1. The first-order chi connectivity index (χ1) is 9.15. The second kappa shape index (κ2) is 4.59. The third-order valence-electron chi connectivity index (χ3n) is 3.07. The summed E-state index contributed by atoms with van der Waals surface area (Å²) in [6.07, 6.45) is 1.79. The number of aromatic nitrogens is 3. The molecule has 3 rings (SSSR count). The van der Waals surface area contributed by atoms with Crippen LogP contribution >= 0.6 is 11.6 Å². The predicted molar refractivity (Wildman–Crippen MR) is 77.3 cm³/mol. The van der Waals surface area contributed by atoms with Crippen LogP contribution in [0.5, 0.6) is 0 Å². The maximum Gasteiger partial charge on any atom is 0.136 e. The molecular formula is C15H12ClN3. The lowest BCUT2D eigenvalue weighted by atomic mass is 10.1. The predicted octanol–water partition coefficient (Wildman–Crippen LogP) is 3.96. The van der Waals surface area contributed by atoms with Gasteiger partial charge >= 0.3 is 0 Å². The molecule has 0 unspecified atom stereocenters. The number of rotatable bonds is 1. The maximum absolute atomic E-state index is 6.12. The van der Waals surface area contributed by atoms with Crippen LogP contribution in [0.4, 0.5) is 0 Å². The van der Waals surface area contributed by atoms with Crippen molar-refractivity contribution in [3.8, 4) is 11.3 Å². The van der Waals surface area contributed by atoms with E-state index in [1.807, 2.05) is 38.1 Å². The summed E-state index contributed by atoms with van der Waals surface area (Å²) in [5.41, 5.74) is 3.78. The third-order valence-corrected chi connectivity index (χ3v) is 3.44. The summed E-state index contributed by atoms with van der Waals surface area (Å²) in [7, 11) is 0. The highest BCUT2D eigenvalue weighted by Crippen LogP contribution is 2.27. The van der Waals surface area contributed by atoms with Crippen LogP contribution in [-0.4, -0.2) is 15.0 Å². The van der Waals surface area contributed by atoms with Gasteiger partial charge in [0.25, 0.3) is 0 Å². The van der Waals surface area contributed by atoms with E-state index in [1.165, 1.54) is 0 Å². The van der Waals surface area contributed by atoms with Crippen LogP contribution < -0.4 is 0 Å². The van der Waals surface area contributed by atoms with E-state index in [4.69, 9.17) is 11.6 Å². The van der Waals surface area contributed by atoms with Crippen LogP contribution in [0.15, 0.2) is 36.5 Å². The Morgan fingerprint density at radius 1 is 1.05 bits per heavy atom. The lowest BCUT2D eigenvalue weighted by Gasteiger charge is -2.08. The number of hydrogen-bond donors (Lipinski definition) is 0. The Labute approximate surface area is 116 Å². The molecule has 0 amide bonds. The Hall–Kier alpha value is -2.00. The second-order valence-electron chi connectivity index (χ2n) is 4.45. The number of benzene rings is 1. The second-order valence-corrected chi connectivity index (χ2v) is 4.80. The summed E-state index contributed by atoms with van der Waals surface area (Å²) in [4.78, 5) is 13.0. The lowest BCUT2D eigenvalue weighted by molar-refractivity contribution is 1.04. The molecule has 0 saturated carbocycles. The molecule has 3 nitrogen and oxygen atoms in total. The molecule has 2 aromatic heterocycles. The van der Waals surface area contributed by atoms with Gasteiger partial charge in [0.15, 0.2) is 0 Å². The molecule has 0 aliphatic rings. The molecule has 3 aromatic rings. The summed E-state index contributed by atoms with van der Waals surface area (Å²) in [6, 6.07) is 10.1. The fourth-order valence-electron chi connectivity index (χ4n) is 2.10. The third kappa shape index (κ3) is 2.17. The minimum absolute atomic E-state index is 0.508. The SMILES string of the molecule is Cc1nc(Cl)c(C)c(-c2ccc3ncccc3c2)n1. The average molecular weight is 270 g/mol. The average Bonchev–Trinajstić information content (AvgIpc) is 2.42. The summed E-state index contributed by atoms with van der Waals surface area (Å²) in [5.74, 6) is 0.678. The highest BCUT2D eigenvalue weighted by Gasteiger charge is 2.10. The number of nitrogens with zero attached hydrogens (tertiary/aromatic N) is 3. The standard InChI is InChI=1S/C15H12ClN3/c1-9-14(18-10(2)19-15(9)16)12-5-6-13-11(8-12)4-3-7-17-13/h3-8H,1-2H3. The number of halogens is 1. The van der Waals surface area contributed by atoms with Crippen molar-refractivity contribution in [1.29, 1.82) is 0 Å². The van der Waals surface area contributed by atoms with Crippen molar-refractivity contribution in [3.05, 3.63) is 53.1 Å². The molecular weight excluding hydrogens is 258 g/mol. The number of pyridine rings is 1. The zero-order valence-corrected chi connectivity index (χ0v) is 11.4. The minimum Gasteiger partial charge on any atom is -0.256 e. The molecule has 4 heteroatoms. The molecule has 0 radical (unpaired) electrons. The first-order valence-electron chi connectivity index (χ1n) is 6.01. The summed E-state index contributed by atoms with van der Waals surface area (Å²) in [6.45, 7) is 3.78. The lowest BCUT2D eigenvalue weighted by Crippen LogP contribution is -1.96. The van der Waals surface area contributed by atoms with Crippen molar-refractivity contribution in [2.24, 2.45) is 0 Å². The molecule has 0 bridgehead atoms. The Morgan fingerprint density at radius 2 is 1.89 bits per heavy atom. The van der Waals surface area contributed by atoms with E-state index in [1.54, 1.807) is 6.20 Å². The normalized spacial score (nSPS) is 10.9. The molecule has 0 fully saturated rings. The van der Waals surface area contributed by atoms with Gasteiger partial charge < -0.3 is 0 Å². The van der Waals surface area contributed by atoms with Crippen LogP contribution in [0.25, 0.3) is 22.2 Å². The van der Waals surface area contributed by atoms with Gasteiger partial charge in [0.2, 0.25) is 0 Å². The molecule has 0 spiro atoms.